The molecule has 1 aliphatic heterocycles. The number of hydrogen-bond donors (Lipinski definition) is 1. The van der Waals surface area contributed by atoms with Gasteiger partial charge in [-0.1, -0.05) is 15.9 Å². The number of carboxylic acid groups (broad SMARTS) is 1. The van der Waals surface area contributed by atoms with Gasteiger partial charge in [0.05, 0.1) is 6.10 Å². The average Bonchev–Trinajstić information content (AvgIpc) is 2.45. The van der Waals surface area contributed by atoms with Gasteiger partial charge in [-0.25, -0.2) is 4.79 Å². The molecule has 0 radical (unpaired) electrons. The molecule has 0 aliphatic carbocycles. The number of piperidine rings is 1. The number of benzene rings is 1. The number of carboxylic acids is 1. The normalized spacial score (nSPS) is 19.5. The van der Waals surface area contributed by atoms with Gasteiger partial charge in [0, 0.05) is 36.4 Å². The maximum Gasteiger partial charge on any atom is 0.328 e. The summed E-state index contributed by atoms with van der Waals surface area (Å²) in [6, 6.07) is 5.93. The Morgan fingerprint density at radius 1 is 1.55 bits per heavy atom. The molecule has 5 heteroatoms. The fraction of sp³-hybridized carbons (Fsp3) is 0.400. The minimum absolute atomic E-state index is 0.240. The highest BCUT2D eigenvalue weighted by molar-refractivity contribution is 9.10. The van der Waals surface area contributed by atoms with Crippen molar-refractivity contribution >= 4 is 33.7 Å². The molecule has 2 rings (SSSR count). The number of hydrogen-bond acceptors (Lipinski definition) is 3. The molecule has 1 aromatic rings. The molecule has 1 aliphatic rings. The van der Waals surface area contributed by atoms with Gasteiger partial charge in [0.25, 0.3) is 0 Å². The second kappa shape index (κ2) is 6.90. The molecule has 1 fully saturated rings. The van der Waals surface area contributed by atoms with Crippen molar-refractivity contribution < 1.29 is 14.6 Å². The number of ether oxygens (including phenoxy) is 1. The largest absolute Gasteiger partial charge is 0.478 e. The molecular weight excluding hydrogens is 322 g/mol. The van der Waals surface area contributed by atoms with Gasteiger partial charge in [0.1, 0.15) is 0 Å². The second-order valence-electron chi connectivity index (χ2n) is 4.82. The summed E-state index contributed by atoms with van der Waals surface area (Å²) in [5.74, 6) is -0.940. The fourth-order valence-electron chi connectivity index (χ4n) is 2.46. The molecule has 1 N–H and O–H groups in total. The molecule has 108 valence electrons. The number of aliphatic carboxylic acids is 1. The van der Waals surface area contributed by atoms with Crippen molar-refractivity contribution in [3.8, 4) is 0 Å². The molecule has 1 aromatic carbocycles. The lowest BCUT2D eigenvalue weighted by molar-refractivity contribution is -0.131. The molecule has 20 heavy (non-hydrogen) atoms. The van der Waals surface area contributed by atoms with E-state index in [4.69, 9.17) is 9.84 Å². The first-order chi connectivity index (χ1) is 9.60. The average molecular weight is 340 g/mol. The van der Waals surface area contributed by atoms with Gasteiger partial charge in [-0.05, 0) is 42.7 Å². The zero-order valence-corrected chi connectivity index (χ0v) is 13.0. The SMILES string of the molecule is COC1CCCN(c2ccc(Br)cc2/C=C/C(=O)O)C1. The zero-order valence-electron chi connectivity index (χ0n) is 11.4. The first kappa shape index (κ1) is 15.1. The Morgan fingerprint density at radius 2 is 2.35 bits per heavy atom. The molecule has 0 amide bonds. The van der Waals surface area contributed by atoms with Crippen molar-refractivity contribution in [2.45, 2.75) is 18.9 Å². The van der Waals surface area contributed by atoms with Gasteiger partial charge < -0.3 is 14.7 Å². The van der Waals surface area contributed by atoms with E-state index in [1.807, 2.05) is 18.2 Å². The van der Waals surface area contributed by atoms with Crippen molar-refractivity contribution in [1.82, 2.24) is 0 Å². The summed E-state index contributed by atoms with van der Waals surface area (Å²) in [5.41, 5.74) is 1.95. The lowest BCUT2D eigenvalue weighted by Crippen LogP contribution is -2.39. The Bertz CT molecular complexity index is 516. The summed E-state index contributed by atoms with van der Waals surface area (Å²) in [4.78, 5) is 13.0. The minimum atomic E-state index is -0.940. The monoisotopic (exact) mass is 339 g/mol. The van der Waals surface area contributed by atoms with Crippen LogP contribution in [0.4, 0.5) is 5.69 Å². The molecule has 0 spiro atoms. The van der Waals surface area contributed by atoms with E-state index in [1.54, 1.807) is 13.2 Å². The van der Waals surface area contributed by atoms with Crippen LogP contribution in [0.5, 0.6) is 0 Å². The number of halogens is 1. The zero-order chi connectivity index (χ0) is 14.5. The van der Waals surface area contributed by atoms with Crippen molar-refractivity contribution in [2.75, 3.05) is 25.1 Å². The summed E-state index contributed by atoms with van der Waals surface area (Å²) in [6.45, 7) is 1.81. The number of carbonyl (C=O) groups is 1. The Morgan fingerprint density at radius 3 is 3.05 bits per heavy atom. The fourth-order valence-corrected chi connectivity index (χ4v) is 2.84. The number of rotatable bonds is 4. The molecule has 0 saturated carbocycles. The van der Waals surface area contributed by atoms with Crippen LogP contribution in [0, 0.1) is 0 Å². The van der Waals surface area contributed by atoms with Crippen LogP contribution in [0.3, 0.4) is 0 Å². The van der Waals surface area contributed by atoms with E-state index in [1.165, 1.54) is 6.08 Å². The maximum absolute atomic E-state index is 10.7. The Labute approximate surface area is 127 Å². The van der Waals surface area contributed by atoms with Crippen molar-refractivity contribution in [3.63, 3.8) is 0 Å². The van der Waals surface area contributed by atoms with E-state index in [-0.39, 0.29) is 6.10 Å². The van der Waals surface area contributed by atoms with E-state index in [9.17, 15) is 4.79 Å². The van der Waals surface area contributed by atoms with Crippen molar-refractivity contribution in [2.24, 2.45) is 0 Å². The van der Waals surface area contributed by atoms with E-state index in [0.717, 1.165) is 41.7 Å². The van der Waals surface area contributed by atoms with Gasteiger partial charge in [-0.3, -0.25) is 0 Å². The van der Waals surface area contributed by atoms with E-state index in [2.05, 4.69) is 20.8 Å². The number of nitrogens with zero attached hydrogens (tertiary/aromatic N) is 1. The van der Waals surface area contributed by atoms with Crippen LogP contribution in [-0.2, 0) is 9.53 Å². The molecule has 4 nitrogen and oxygen atoms in total. The first-order valence-corrected chi connectivity index (χ1v) is 7.37. The van der Waals surface area contributed by atoms with Crippen molar-refractivity contribution in [3.05, 3.63) is 34.3 Å². The summed E-state index contributed by atoms with van der Waals surface area (Å²) in [5, 5.41) is 8.79. The van der Waals surface area contributed by atoms with Gasteiger partial charge >= 0.3 is 5.97 Å². The number of methoxy groups -OCH3 is 1. The maximum atomic E-state index is 10.7. The molecular formula is C15H18BrNO3. The molecule has 1 atom stereocenters. The molecule has 0 aromatic heterocycles. The molecule has 1 saturated heterocycles. The Kier molecular flexibility index (Phi) is 5.20. The number of anilines is 1. The predicted octanol–water partition coefficient (Wildman–Crippen LogP) is 3.16. The summed E-state index contributed by atoms with van der Waals surface area (Å²) < 4.78 is 6.38. The van der Waals surface area contributed by atoms with Crippen LogP contribution in [-0.4, -0.2) is 37.4 Å². The van der Waals surface area contributed by atoms with Gasteiger partial charge in [-0.2, -0.15) is 0 Å². The summed E-state index contributed by atoms with van der Waals surface area (Å²) in [6.07, 6.45) is 5.20. The minimum Gasteiger partial charge on any atom is -0.478 e. The highest BCUT2D eigenvalue weighted by Gasteiger charge is 2.21. The van der Waals surface area contributed by atoms with Crippen LogP contribution in [0.1, 0.15) is 18.4 Å². The van der Waals surface area contributed by atoms with Gasteiger partial charge in [0.15, 0.2) is 0 Å². The Hall–Kier alpha value is -1.33. The topological polar surface area (TPSA) is 49.8 Å². The summed E-state index contributed by atoms with van der Waals surface area (Å²) >= 11 is 3.43. The predicted molar refractivity (Wildman–Crippen MR) is 83.1 cm³/mol. The van der Waals surface area contributed by atoms with Crippen LogP contribution in [0.2, 0.25) is 0 Å². The molecule has 0 bridgehead atoms. The van der Waals surface area contributed by atoms with E-state index >= 15 is 0 Å². The van der Waals surface area contributed by atoms with E-state index in [0.29, 0.717) is 0 Å². The standard InChI is InChI=1S/C15H18BrNO3/c1-20-13-3-2-8-17(10-13)14-6-5-12(16)9-11(14)4-7-15(18)19/h4-7,9,13H,2-3,8,10H2,1H3,(H,18,19)/b7-4+. The highest BCUT2D eigenvalue weighted by atomic mass is 79.9. The third-order valence-corrected chi connectivity index (χ3v) is 3.94. The van der Waals surface area contributed by atoms with Crippen LogP contribution in [0.25, 0.3) is 6.08 Å². The second-order valence-corrected chi connectivity index (χ2v) is 5.74. The lowest BCUT2D eigenvalue weighted by Gasteiger charge is -2.34. The van der Waals surface area contributed by atoms with E-state index < -0.39 is 5.97 Å². The van der Waals surface area contributed by atoms with Crippen LogP contribution in [0.15, 0.2) is 28.7 Å². The van der Waals surface area contributed by atoms with Crippen LogP contribution < -0.4 is 4.90 Å². The smallest absolute Gasteiger partial charge is 0.328 e. The van der Waals surface area contributed by atoms with Crippen molar-refractivity contribution in [1.29, 1.82) is 0 Å². The van der Waals surface area contributed by atoms with Gasteiger partial charge in [-0.15, -0.1) is 0 Å². The molecule has 1 unspecified atom stereocenters. The first-order valence-electron chi connectivity index (χ1n) is 6.58. The Balaban J connectivity index is 2.28. The highest BCUT2D eigenvalue weighted by Crippen LogP contribution is 2.28. The van der Waals surface area contributed by atoms with Crippen LogP contribution >= 0.6 is 15.9 Å². The molecule has 1 heterocycles. The van der Waals surface area contributed by atoms with Gasteiger partial charge in [0.2, 0.25) is 0 Å². The summed E-state index contributed by atoms with van der Waals surface area (Å²) in [7, 11) is 1.74. The quantitative estimate of drug-likeness (QED) is 0.856. The lowest BCUT2D eigenvalue weighted by atomic mass is 10.0. The third kappa shape index (κ3) is 3.84. The third-order valence-electron chi connectivity index (χ3n) is 3.45.